The number of nitrogens with zero attached hydrogens (tertiary/aromatic N) is 1. The Morgan fingerprint density at radius 2 is 2.00 bits per heavy atom. The summed E-state index contributed by atoms with van der Waals surface area (Å²) in [5.41, 5.74) is -0.321. The summed E-state index contributed by atoms with van der Waals surface area (Å²) in [7, 11) is 0. The number of non-ortho nitro benzene ring substituents is 1. The Labute approximate surface area is 109 Å². The Balaban J connectivity index is 2.01. The third kappa shape index (κ3) is 3.64. The van der Waals surface area contributed by atoms with Gasteiger partial charge in [0.15, 0.2) is 0 Å². The minimum atomic E-state index is -0.759. The van der Waals surface area contributed by atoms with E-state index < -0.39 is 22.5 Å². The number of amides is 2. The van der Waals surface area contributed by atoms with Crippen LogP contribution in [0.4, 0.5) is 20.6 Å². The van der Waals surface area contributed by atoms with Crippen LogP contribution in [0.15, 0.2) is 18.2 Å². The van der Waals surface area contributed by atoms with Crippen LogP contribution in [-0.2, 0) is 0 Å². The smallest absolute Gasteiger partial charge is 0.319 e. The molecule has 2 amide bonds. The zero-order valence-electron chi connectivity index (χ0n) is 10.2. The lowest BCUT2D eigenvalue weighted by molar-refractivity contribution is -0.385. The molecule has 0 spiro atoms. The summed E-state index contributed by atoms with van der Waals surface area (Å²) in [5.74, 6) is -0.759. The van der Waals surface area contributed by atoms with Crippen LogP contribution in [0.2, 0.25) is 0 Å². The molecule has 0 radical (unpaired) electrons. The van der Waals surface area contributed by atoms with E-state index in [-0.39, 0.29) is 11.7 Å². The zero-order chi connectivity index (χ0) is 13.8. The molecule has 7 heteroatoms. The number of nitro groups is 1. The standard InChI is InChI=1S/C12H14FN3O3/c13-8-5-10(7-11(6-8)16(18)19)15-12(17)14-9-3-1-2-4-9/h5-7,9H,1-4H2,(H2,14,15,17). The number of halogens is 1. The number of benzene rings is 1. The van der Waals surface area contributed by atoms with Gasteiger partial charge in [0.2, 0.25) is 0 Å². The summed E-state index contributed by atoms with van der Waals surface area (Å²) in [6.07, 6.45) is 4.01. The average molecular weight is 267 g/mol. The van der Waals surface area contributed by atoms with Crippen molar-refractivity contribution in [2.45, 2.75) is 31.7 Å². The lowest BCUT2D eigenvalue weighted by atomic mass is 10.2. The number of hydrogen-bond donors (Lipinski definition) is 2. The van der Waals surface area contributed by atoms with Crippen molar-refractivity contribution in [2.24, 2.45) is 0 Å². The summed E-state index contributed by atoms with van der Waals surface area (Å²) in [6, 6.07) is 2.63. The minimum Gasteiger partial charge on any atom is -0.335 e. The summed E-state index contributed by atoms with van der Waals surface area (Å²) in [6.45, 7) is 0. The van der Waals surface area contributed by atoms with E-state index in [4.69, 9.17) is 0 Å². The maximum atomic E-state index is 13.2. The number of hydrogen-bond acceptors (Lipinski definition) is 3. The Morgan fingerprint density at radius 1 is 1.32 bits per heavy atom. The maximum Gasteiger partial charge on any atom is 0.319 e. The molecule has 1 aliphatic carbocycles. The van der Waals surface area contributed by atoms with Crippen LogP contribution >= 0.6 is 0 Å². The van der Waals surface area contributed by atoms with E-state index in [2.05, 4.69) is 10.6 Å². The molecular weight excluding hydrogens is 253 g/mol. The first kappa shape index (κ1) is 13.3. The first-order valence-corrected chi connectivity index (χ1v) is 6.07. The molecule has 1 aromatic carbocycles. The van der Waals surface area contributed by atoms with E-state index in [1.807, 2.05) is 0 Å². The van der Waals surface area contributed by atoms with Crippen molar-refractivity contribution >= 4 is 17.4 Å². The Morgan fingerprint density at radius 3 is 2.63 bits per heavy atom. The van der Waals surface area contributed by atoms with Gasteiger partial charge in [0.25, 0.3) is 5.69 Å². The molecule has 1 aromatic rings. The van der Waals surface area contributed by atoms with Crippen molar-refractivity contribution in [1.82, 2.24) is 5.32 Å². The van der Waals surface area contributed by atoms with E-state index in [0.29, 0.717) is 0 Å². The van der Waals surface area contributed by atoms with E-state index in [1.54, 1.807) is 0 Å². The van der Waals surface area contributed by atoms with Crippen LogP contribution in [0.1, 0.15) is 25.7 Å². The molecule has 1 saturated carbocycles. The van der Waals surface area contributed by atoms with Crippen molar-refractivity contribution in [1.29, 1.82) is 0 Å². The Bertz CT molecular complexity index is 501. The molecule has 2 rings (SSSR count). The second-order valence-corrected chi connectivity index (χ2v) is 4.54. The van der Waals surface area contributed by atoms with Gasteiger partial charge in [-0.25, -0.2) is 9.18 Å². The van der Waals surface area contributed by atoms with E-state index in [9.17, 15) is 19.3 Å². The predicted molar refractivity (Wildman–Crippen MR) is 67.5 cm³/mol. The van der Waals surface area contributed by atoms with Crippen LogP contribution in [0.5, 0.6) is 0 Å². The molecule has 0 aliphatic heterocycles. The molecule has 0 bridgehead atoms. The molecule has 0 atom stereocenters. The first-order chi connectivity index (χ1) is 9.04. The van der Waals surface area contributed by atoms with Gasteiger partial charge >= 0.3 is 6.03 Å². The lowest BCUT2D eigenvalue weighted by Gasteiger charge is -2.12. The molecule has 19 heavy (non-hydrogen) atoms. The third-order valence-corrected chi connectivity index (χ3v) is 3.04. The molecular formula is C12H14FN3O3. The van der Waals surface area contributed by atoms with Crippen LogP contribution in [0.3, 0.4) is 0 Å². The van der Waals surface area contributed by atoms with Gasteiger partial charge in [-0.15, -0.1) is 0 Å². The minimum absolute atomic E-state index is 0.0715. The number of carbonyl (C=O) groups is 1. The molecule has 0 aromatic heterocycles. The van der Waals surface area contributed by atoms with Gasteiger partial charge in [0.1, 0.15) is 5.82 Å². The van der Waals surface area contributed by atoms with E-state index in [1.165, 1.54) is 0 Å². The number of rotatable bonds is 3. The molecule has 102 valence electrons. The fourth-order valence-electron chi connectivity index (χ4n) is 2.17. The van der Waals surface area contributed by atoms with Crippen molar-refractivity contribution in [3.8, 4) is 0 Å². The monoisotopic (exact) mass is 267 g/mol. The number of urea groups is 1. The van der Waals surface area contributed by atoms with Crippen LogP contribution in [0, 0.1) is 15.9 Å². The van der Waals surface area contributed by atoms with Gasteiger partial charge in [-0.2, -0.15) is 0 Å². The molecule has 0 unspecified atom stereocenters. The quantitative estimate of drug-likeness (QED) is 0.652. The van der Waals surface area contributed by atoms with E-state index >= 15 is 0 Å². The summed E-state index contributed by atoms with van der Waals surface area (Å²) in [5, 5.41) is 15.7. The highest BCUT2D eigenvalue weighted by molar-refractivity contribution is 5.89. The highest BCUT2D eigenvalue weighted by Crippen LogP contribution is 2.21. The highest BCUT2D eigenvalue weighted by Gasteiger charge is 2.18. The first-order valence-electron chi connectivity index (χ1n) is 6.07. The van der Waals surface area contributed by atoms with Gasteiger partial charge in [-0.05, 0) is 18.9 Å². The fraction of sp³-hybridized carbons (Fsp3) is 0.417. The number of carbonyl (C=O) groups excluding carboxylic acids is 1. The molecule has 0 saturated heterocycles. The summed E-state index contributed by atoms with van der Waals surface area (Å²) < 4.78 is 13.2. The molecule has 2 N–H and O–H groups in total. The van der Waals surface area contributed by atoms with Gasteiger partial charge in [0, 0.05) is 12.1 Å². The van der Waals surface area contributed by atoms with Crippen molar-refractivity contribution in [2.75, 3.05) is 5.32 Å². The van der Waals surface area contributed by atoms with Gasteiger partial charge < -0.3 is 10.6 Å². The van der Waals surface area contributed by atoms with Crippen molar-refractivity contribution < 1.29 is 14.1 Å². The number of anilines is 1. The Hall–Kier alpha value is -2.18. The van der Waals surface area contributed by atoms with Crippen molar-refractivity contribution in [3.05, 3.63) is 34.1 Å². The largest absolute Gasteiger partial charge is 0.335 e. The SMILES string of the molecule is O=C(Nc1cc(F)cc([N+](=O)[O-])c1)NC1CCCC1. The van der Waals surface area contributed by atoms with Gasteiger partial charge in [-0.1, -0.05) is 12.8 Å². The summed E-state index contributed by atoms with van der Waals surface area (Å²) in [4.78, 5) is 21.5. The van der Waals surface area contributed by atoms with Gasteiger partial charge in [0.05, 0.1) is 16.7 Å². The summed E-state index contributed by atoms with van der Waals surface area (Å²) >= 11 is 0. The lowest BCUT2D eigenvalue weighted by Crippen LogP contribution is -2.36. The number of nitrogens with one attached hydrogen (secondary N) is 2. The van der Waals surface area contributed by atoms with Crippen LogP contribution in [0.25, 0.3) is 0 Å². The molecule has 0 heterocycles. The average Bonchev–Trinajstić information content (AvgIpc) is 2.80. The van der Waals surface area contributed by atoms with Crippen molar-refractivity contribution in [3.63, 3.8) is 0 Å². The predicted octanol–water partition coefficient (Wildman–Crippen LogP) is 2.80. The normalized spacial score (nSPS) is 15.2. The molecule has 1 fully saturated rings. The second kappa shape index (κ2) is 5.64. The molecule has 1 aliphatic rings. The fourth-order valence-corrected chi connectivity index (χ4v) is 2.17. The topological polar surface area (TPSA) is 84.3 Å². The maximum absolute atomic E-state index is 13.2. The Kier molecular flexibility index (Phi) is 3.94. The third-order valence-electron chi connectivity index (χ3n) is 3.04. The van der Waals surface area contributed by atoms with E-state index in [0.717, 1.165) is 43.9 Å². The van der Waals surface area contributed by atoms with Crippen LogP contribution < -0.4 is 10.6 Å². The van der Waals surface area contributed by atoms with Gasteiger partial charge in [-0.3, -0.25) is 10.1 Å². The van der Waals surface area contributed by atoms with Crippen LogP contribution in [-0.4, -0.2) is 17.0 Å². The number of nitro benzene ring substituents is 1. The zero-order valence-corrected chi connectivity index (χ0v) is 10.2. The highest BCUT2D eigenvalue weighted by atomic mass is 19.1. The molecule has 6 nitrogen and oxygen atoms in total. The second-order valence-electron chi connectivity index (χ2n) is 4.54.